The van der Waals surface area contributed by atoms with Crippen molar-refractivity contribution in [3.8, 4) is 23.5 Å². The summed E-state index contributed by atoms with van der Waals surface area (Å²) < 4.78 is 57.5. The van der Waals surface area contributed by atoms with Gasteiger partial charge in [0.15, 0.2) is 0 Å². The summed E-state index contributed by atoms with van der Waals surface area (Å²) in [6, 6.07) is 18.8. The molecule has 5 N–H and O–H groups in total. The minimum absolute atomic E-state index is 0. The van der Waals surface area contributed by atoms with E-state index in [0.29, 0.717) is 20.6 Å². The molecule has 246 valence electrons. The molecule has 4 heterocycles. The molecular weight excluding hydrogens is 877 g/mol. The summed E-state index contributed by atoms with van der Waals surface area (Å²) in [6.07, 6.45) is 0. The minimum atomic E-state index is -5.84. The van der Waals surface area contributed by atoms with Crippen molar-refractivity contribution in [2.24, 2.45) is 0 Å². The topological polar surface area (TPSA) is 187 Å². The SMILES string of the molecule is C=C.O=S(=O)(O)C(F)(F)F.Oc1cccc(Cl)n1.Oc1cccc(Cl)n1.Oc1cccc(Cl)n1.Oc1cccc(Cl)n1.[Ru].[Ru]. The molecular formula is C23H21Cl4F3N4O7Ru2S. The van der Waals surface area contributed by atoms with Gasteiger partial charge in [0.05, 0.1) is 0 Å². The van der Waals surface area contributed by atoms with Crippen molar-refractivity contribution >= 4 is 56.5 Å². The van der Waals surface area contributed by atoms with Crippen LogP contribution in [0, 0.1) is 0 Å². The second-order valence-electron chi connectivity index (χ2n) is 6.19. The number of aromatic hydroxyl groups is 4. The van der Waals surface area contributed by atoms with Gasteiger partial charge < -0.3 is 20.4 Å². The van der Waals surface area contributed by atoms with Gasteiger partial charge in [-0.3, -0.25) is 4.55 Å². The Morgan fingerprint density at radius 2 is 0.705 bits per heavy atom. The van der Waals surface area contributed by atoms with Gasteiger partial charge in [0.1, 0.15) is 20.6 Å². The van der Waals surface area contributed by atoms with E-state index in [4.69, 9.17) is 79.8 Å². The number of hydrogen-bond acceptors (Lipinski definition) is 10. The number of aromatic nitrogens is 4. The Labute approximate surface area is 295 Å². The first-order chi connectivity index (χ1) is 19.4. The third kappa shape index (κ3) is 27.2. The van der Waals surface area contributed by atoms with Crippen LogP contribution in [-0.2, 0) is 49.1 Å². The quantitative estimate of drug-likeness (QED) is 0.0404. The molecule has 0 saturated heterocycles. The average Bonchev–Trinajstić information content (AvgIpc) is 2.85. The van der Waals surface area contributed by atoms with E-state index in [0.717, 1.165) is 0 Å². The largest absolute Gasteiger partial charge is 0.522 e. The first kappa shape index (κ1) is 48.5. The van der Waals surface area contributed by atoms with E-state index < -0.39 is 15.6 Å². The summed E-state index contributed by atoms with van der Waals surface area (Å²) in [5, 5.41) is 35.7. The molecule has 0 aliphatic carbocycles. The second kappa shape index (κ2) is 25.9. The normalized spacial score (nSPS) is 9.27. The monoisotopic (exact) mass is 898 g/mol. The Morgan fingerprint density at radius 3 is 0.773 bits per heavy atom. The number of alkyl halides is 3. The van der Waals surface area contributed by atoms with Crippen molar-refractivity contribution in [3.05, 3.63) is 107 Å². The van der Waals surface area contributed by atoms with Crippen LogP contribution < -0.4 is 0 Å². The van der Waals surface area contributed by atoms with E-state index in [9.17, 15) is 13.2 Å². The van der Waals surface area contributed by atoms with Crippen molar-refractivity contribution < 1.29 is 85.5 Å². The first-order valence-electron chi connectivity index (χ1n) is 10.2. The smallest absolute Gasteiger partial charge is 0.493 e. The molecule has 0 fully saturated rings. The van der Waals surface area contributed by atoms with Crippen molar-refractivity contribution in [1.29, 1.82) is 0 Å². The fourth-order valence-electron chi connectivity index (χ4n) is 1.59. The van der Waals surface area contributed by atoms with Gasteiger partial charge in [-0.1, -0.05) is 70.7 Å². The van der Waals surface area contributed by atoms with Crippen LogP contribution in [0.3, 0.4) is 0 Å². The van der Waals surface area contributed by atoms with E-state index in [1.165, 1.54) is 24.3 Å². The fraction of sp³-hybridized carbons (Fsp3) is 0.0435. The van der Waals surface area contributed by atoms with E-state index >= 15 is 0 Å². The Hall–Kier alpha value is -2.35. The maximum Gasteiger partial charge on any atom is 0.522 e. The Bertz CT molecular complexity index is 1230. The minimum Gasteiger partial charge on any atom is -0.493 e. The molecule has 4 rings (SSSR count). The van der Waals surface area contributed by atoms with E-state index in [1.54, 1.807) is 48.5 Å². The van der Waals surface area contributed by atoms with Crippen molar-refractivity contribution in [1.82, 2.24) is 19.9 Å². The Balaban J connectivity index is -0.000000221. The molecule has 0 bridgehead atoms. The molecule has 21 heteroatoms. The standard InChI is InChI=1S/4C5H4ClNO.C2H4.CHF3O3S.2Ru/c4*6-4-2-1-3-5(8)7-4;1-2;2-1(3,4)8(5,6)7;;/h4*1-3H,(H,7,8);1-2H2;(H,5,6,7);;. The molecule has 11 nitrogen and oxygen atoms in total. The third-order valence-electron chi connectivity index (χ3n) is 3.09. The third-order valence-corrected chi connectivity index (χ3v) is 4.52. The first-order valence-corrected chi connectivity index (χ1v) is 13.2. The van der Waals surface area contributed by atoms with Crippen LogP contribution in [0.4, 0.5) is 13.2 Å². The number of pyridine rings is 4. The van der Waals surface area contributed by atoms with E-state index in [2.05, 4.69) is 33.1 Å². The van der Waals surface area contributed by atoms with Crippen LogP contribution in [0.5, 0.6) is 23.5 Å². The molecule has 4 aromatic rings. The van der Waals surface area contributed by atoms with Crippen molar-refractivity contribution in [2.45, 2.75) is 5.51 Å². The fourth-order valence-corrected chi connectivity index (χ4v) is 2.23. The van der Waals surface area contributed by atoms with Gasteiger partial charge in [-0.25, -0.2) is 19.9 Å². The maximum atomic E-state index is 10.7. The maximum absolute atomic E-state index is 10.7. The summed E-state index contributed by atoms with van der Waals surface area (Å²) in [4.78, 5) is 14.0. The molecule has 0 aromatic carbocycles. The Kier molecular flexibility index (Phi) is 28.6. The molecule has 0 unspecified atom stereocenters. The molecule has 0 aliphatic rings. The molecule has 0 spiro atoms. The summed E-state index contributed by atoms with van der Waals surface area (Å²) in [5.41, 5.74) is -5.53. The number of halogens is 7. The molecule has 44 heavy (non-hydrogen) atoms. The van der Waals surface area contributed by atoms with Gasteiger partial charge in [-0.05, 0) is 24.3 Å². The van der Waals surface area contributed by atoms with E-state index in [1.807, 2.05) is 0 Å². The van der Waals surface area contributed by atoms with Crippen LogP contribution in [0.1, 0.15) is 0 Å². The molecule has 0 amide bonds. The van der Waals surface area contributed by atoms with Crippen LogP contribution in [0.2, 0.25) is 20.6 Å². The molecule has 0 saturated carbocycles. The van der Waals surface area contributed by atoms with Gasteiger partial charge in [-0.15, -0.1) is 13.2 Å². The van der Waals surface area contributed by atoms with Crippen molar-refractivity contribution in [2.75, 3.05) is 0 Å². The zero-order chi connectivity index (χ0) is 32.9. The number of nitrogens with zero attached hydrogens (tertiary/aromatic N) is 4. The van der Waals surface area contributed by atoms with Crippen LogP contribution in [0.25, 0.3) is 0 Å². The van der Waals surface area contributed by atoms with Gasteiger partial charge in [-0.2, -0.15) is 21.6 Å². The predicted octanol–water partition coefficient (Wildman–Crippen LogP) is 6.95. The van der Waals surface area contributed by atoms with Gasteiger partial charge in [0.2, 0.25) is 23.5 Å². The summed E-state index contributed by atoms with van der Waals surface area (Å²) in [5.74, 6) is -0.176. The number of rotatable bonds is 0. The second-order valence-corrected chi connectivity index (χ2v) is 9.16. The van der Waals surface area contributed by atoms with Gasteiger partial charge in [0, 0.05) is 63.2 Å². The summed E-state index contributed by atoms with van der Waals surface area (Å²) >= 11 is 21.5. The van der Waals surface area contributed by atoms with E-state index in [-0.39, 0.29) is 62.5 Å². The van der Waals surface area contributed by atoms with Gasteiger partial charge >= 0.3 is 15.6 Å². The van der Waals surface area contributed by atoms with Crippen LogP contribution in [-0.4, -0.2) is 58.8 Å². The van der Waals surface area contributed by atoms with Crippen molar-refractivity contribution in [3.63, 3.8) is 0 Å². The molecule has 0 atom stereocenters. The van der Waals surface area contributed by atoms with Gasteiger partial charge in [0.25, 0.3) is 0 Å². The number of hydrogen-bond donors (Lipinski definition) is 5. The predicted molar refractivity (Wildman–Crippen MR) is 153 cm³/mol. The summed E-state index contributed by atoms with van der Waals surface area (Å²) in [6.45, 7) is 6.00. The molecule has 0 radical (unpaired) electrons. The molecule has 0 aliphatic heterocycles. The van der Waals surface area contributed by atoms with Crippen LogP contribution in [0.15, 0.2) is 86.0 Å². The summed E-state index contributed by atoms with van der Waals surface area (Å²) in [7, 11) is -5.84. The molecule has 4 aromatic heterocycles. The average molecular weight is 898 g/mol. The zero-order valence-corrected chi connectivity index (χ0v) is 28.8. The van der Waals surface area contributed by atoms with Crippen LogP contribution >= 0.6 is 46.4 Å². The Morgan fingerprint density at radius 1 is 0.545 bits per heavy atom. The zero-order valence-electron chi connectivity index (χ0n) is 21.4.